The lowest BCUT2D eigenvalue weighted by molar-refractivity contribution is 0.0762. The van der Waals surface area contributed by atoms with Crippen LogP contribution in [0.25, 0.3) is 0 Å². The quantitative estimate of drug-likeness (QED) is 0.905. The molecule has 1 aromatic rings. The van der Waals surface area contributed by atoms with Crippen molar-refractivity contribution in [3.63, 3.8) is 0 Å². The maximum Gasteiger partial charge on any atom is 0.255 e. The van der Waals surface area contributed by atoms with Crippen LogP contribution in [-0.2, 0) is 0 Å². The maximum absolute atomic E-state index is 12.7. The number of aryl methyl sites for hydroxylation is 1. The van der Waals surface area contributed by atoms with E-state index in [0.29, 0.717) is 6.04 Å². The van der Waals surface area contributed by atoms with Crippen molar-refractivity contribution in [2.24, 2.45) is 0 Å². The molecule has 1 amide bonds. The van der Waals surface area contributed by atoms with Crippen LogP contribution in [0.1, 0.15) is 35.7 Å². The van der Waals surface area contributed by atoms with Gasteiger partial charge in [0.05, 0.1) is 5.56 Å². The molecule has 0 radical (unpaired) electrons. The van der Waals surface area contributed by atoms with Crippen molar-refractivity contribution >= 4 is 11.6 Å². The molecule has 4 nitrogen and oxygen atoms in total. The van der Waals surface area contributed by atoms with E-state index in [2.05, 4.69) is 17.3 Å². The number of hydrogen-bond acceptors (Lipinski definition) is 3. The Kier molecular flexibility index (Phi) is 5.23. The predicted molar refractivity (Wildman–Crippen MR) is 88.0 cm³/mol. The topological polar surface area (TPSA) is 35.6 Å². The molecule has 1 fully saturated rings. The summed E-state index contributed by atoms with van der Waals surface area (Å²) in [6, 6.07) is 6.48. The van der Waals surface area contributed by atoms with E-state index < -0.39 is 0 Å². The van der Waals surface area contributed by atoms with E-state index in [9.17, 15) is 4.79 Å². The summed E-state index contributed by atoms with van der Waals surface area (Å²) in [4.78, 5) is 16.9. The van der Waals surface area contributed by atoms with Crippen LogP contribution in [0, 0.1) is 6.92 Å². The van der Waals surface area contributed by atoms with Gasteiger partial charge in [-0.25, -0.2) is 0 Å². The molecule has 0 aromatic heterocycles. The monoisotopic (exact) mass is 289 g/mol. The third kappa shape index (κ3) is 3.76. The predicted octanol–water partition coefficient (Wildman–Crippen LogP) is 2.59. The van der Waals surface area contributed by atoms with Gasteiger partial charge in [-0.2, -0.15) is 0 Å². The highest BCUT2D eigenvalue weighted by Crippen LogP contribution is 2.21. The van der Waals surface area contributed by atoms with Crippen molar-refractivity contribution in [1.82, 2.24) is 9.80 Å². The summed E-state index contributed by atoms with van der Waals surface area (Å²) in [5.74, 6) is 0.103. The van der Waals surface area contributed by atoms with Crippen LogP contribution in [0.15, 0.2) is 18.2 Å². The molecule has 1 aliphatic heterocycles. The highest BCUT2D eigenvalue weighted by molar-refractivity contribution is 5.99. The zero-order valence-corrected chi connectivity index (χ0v) is 13.6. The van der Waals surface area contributed by atoms with E-state index in [-0.39, 0.29) is 5.91 Å². The lowest BCUT2D eigenvalue weighted by Gasteiger charge is -2.26. The third-order valence-electron chi connectivity index (χ3n) is 4.28. The number of benzene rings is 1. The van der Waals surface area contributed by atoms with Crippen molar-refractivity contribution in [3.8, 4) is 0 Å². The van der Waals surface area contributed by atoms with Gasteiger partial charge in [-0.1, -0.05) is 6.07 Å². The molecule has 2 rings (SSSR count). The molecule has 0 spiro atoms. The average Bonchev–Trinajstić information content (AvgIpc) is 2.84. The molecule has 0 bridgehead atoms. The van der Waals surface area contributed by atoms with Gasteiger partial charge in [0.15, 0.2) is 0 Å². The summed E-state index contributed by atoms with van der Waals surface area (Å²) in [5, 5.41) is 3.30. The molecule has 1 heterocycles. The van der Waals surface area contributed by atoms with Gasteiger partial charge in [0, 0.05) is 31.9 Å². The van der Waals surface area contributed by atoms with Gasteiger partial charge in [0.1, 0.15) is 0 Å². The Morgan fingerprint density at radius 3 is 2.86 bits per heavy atom. The van der Waals surface area contributed by atoms with Crippen molar-refractivity contribution in [1.29, 1.82) is 0 Å². The van der Waals surface area contributed by atoms with Crippen molar-refractivity contribution in [2.45, 2.75) is 32.7 Å². The Hall–Kier alpha value is -1.55. The second-order valence-corrected chi connectivity index (χ2v) is 6.04. The highest BCUT2D eigenvalue weighted by Gasteiger charge is 2.25. The molecular weight excluding hydrogens is 262 g/mol. The van der Waals surface area contributed by atoms with Crippen LogP contribution < -0.4 is 5.32 Å². The Labute approximate surface area is 128 Å². The second-order valence-electron chi connectivity index (χ2n) is 6.04. The molecule has 21 heavy (non-hydrogen) atoms. The summed E-state index contributed by atoms with van der Waals surface area (Å²) in [5.41, 5.74) is 2.88. The molecule has 1 atom stereocenters. The van der Waals surface area contributed by atoms with E-state index in [1.165, 1.54) is 18.4 Å². The third-order valence-corrected chi connectivity index (χ3v) is 4.28. The Balaban J connectivity index is 2.11. The smallest absolute Gasteiger partial charge is 0.255 e. The van der Waals surface area contributed by atoms with Gasteiger partial charge in [-0.3, -0.25) is 4.79 Å². The Morgan fingerprint density at radius 2 is 2.24 bits per heavy atom. The lowest BCUT2D eigenvalue weighted by Crippen LogP contribution is -2.39. The van der Waals surface area contributed by atoms with Gasteiger partial charge in [0.25, 0.3) is 5.91 Å². The van der Waals surface area contributed by atoms with E-state index >= 15 is 0 Å². The van der Waals surface area contributed by atoms with E-state index in [4.69, 9.17) is 0 Å². The van der Waals surface area contributed by atoms with Gasteiger partial charge in [0.2, 0.25) is 0 Å². The van der Waals surface area contributed by atoms with Crippen molar-refractivity contribution in [3.05, 3.63) is 29.3 Å². The molecular formula is C17H27N3O. The van der Waals surface area contributed by atoms with E-state index in [1.54, 1.807) is 0 Å². The van der Waals surface area contributed by atoms with Crippen molar-refractivity contribution in [2.75, 3.05) is 39.0 Å². The summed E-state index contributed by atoms with van der Waals surface area (Å²) in [6.45, 7) is 6.85. The minimum Gasteiger partial charge on any atom is -0.385 e. The van der Waals surface area contributed by atoms with Crippen LogP contribution >= 0.6 is 0 Å². The first-order chi connectivity index (χ1) is 10.0. The first kappa shape index (κ1) is 15.8. The lowest BCUT2D eigenvalue weighted by atomic mass is 10.1. The second kappa shape index (κ2) is 6.94. The molecule has 1 unspecified atom stereocenters. The number of rotatable bonds is 5. The highest BCUT2D eigenvalue weighted by atomic mass is 16.2. The van der Waals surface area contributed by atoms with E-state index in [0.717, 1.165) is 30.9 Å². The fourth-order valence-corrected chi connectivity index (χ4v) is 3.00. The zero-order chi connectivity index (χ0) is 15.4. The standard InChI is InChI=1S/C17H27N3O/c1-5-18-16-11-13(2)8-9-15(16)17(21)20(4)12-14-7-6-10-19(14)3/h8-9,11,14,18H,5-7,10,12H2,1-4H3. The molecule has 116 valence electrons. The molecule has 1 aliphatic rings. The summed E-state index contributed by atoms with van der Waals surface area (Å²) in [7, 11) is 4.05. The fourth-order valence-electron chi connectivity index (χ4n) is 3.00. The van der Waals surface area contributed by atoms with Crippen LogP contribution in [0.5, 0.6) is 0 Å². The Bertz CT molecular complexity index is 501. The van der Waals surface area contributed by atoms with Crippen molar-refractivity contribution < 1.29 is 4.79 Å². The maximum atomic E-state index is 12.7. The number of nitrogens with zero attached hydrogens (tertiary/aromatic N) is 2. The summed E-state index contributed by atoms with van der Waals surface area (Å²) < 4.78 is 0. The van der Waals surface area contributed by atoms with Gasteiger partial charge in [-0.15, -0.1) is 0 Å². The number of nitrogens with one attached hydrogen (secondary N) is 1. The van der Waals surface area contributed by atoms with Gasteiger partial charge < -0.3 is 15.1 Å². The van der Waals surface area contributed by atoms with E-state index in [1.807, 2.05) is 44.0 Å². The summed E-state index contributed by atoms with van der Waals surface area (Å²) in [6.07, 6.45) is 2.42. The minimum absolute atomic E-state index is 0.103. The molecule has 0 saturated carbocycles. The number of anilines is 1. The van der Waals surface area contributed by atoms with Crippen LogP contribution in [0.4, 0.5) is 5.69 Å². The number of carbonyl (C=O) groups is 1. The fraction of sp³-hybridized carbons (Fsp3) is 0.588. The molecule has 4 heteroatoms. The normalized spacial score (nSPS) is 18.8. The van der Waals surface area contributed by atoms with Gasteiger partial charge in [-0.05, 0) is 58.0 Å². The Morgan fingerprint density at radius 1 is 1.48 bits per heavy atom. The van der Waals surface area contributed by atoms with Gasteiger partial charge >= 0.3 is 0 Å². The largest absolute Gasteiger partial charge is 0.385 e. The molecule has 1 N–H and O–H groups in total. The summed E-state index contributed by atoms with van der Waals surface area (Å²) >= 11 is 0. The first-order valence-corrected chi connectivity index (χ1v) is 7.83. The number of carbonyl (C=O) groups excluding carboxylic acids is 1. The first-order valence-electron chi connectivity index (χ1n) is 7.83. The van der Waals surface area contributed by atoms with Crippen LogP contribution in [0.2, 0.25) is 0 Å². The number of likely N-dealkylation sites (N-methyl/N-ethyl adjacent to an activating group) is 2. The SMILES string of the molecule is CCNc1cc(C)ccc1C(=O)N(C)CC1CCCN1C. The number of likely N-dealkylation sites (tertiary alicyclic amines) is 1. The minimum atomic E-state index is 0.103. The van der Waals surface area contributed by atoms with Crippen LogP contribution in [-0.4, -0.2) is 55.5 Å². The number of amides is 1. The van der Waals surface area contributed by atoms with Crippen LogP contribution in [0.3, 0.4) is 0 Å². The molecule has 0 aliphatic carbocycles. The molecule has 1 saturated heterocycles. The zero-order valence-electron chi connectivity index (χ0n) is 13.6. The number of hydrogen-bond donors (Lipinski definition) is 1. The molecule has 1 aromatic carbocycles. The average molecular weight is 289 g/mol.